The van der Waals surface area contributed by atoms with Crippen molar-refractivity contribution in [3.05, 3.63) is 58.9 Å². The van der Waals surface area contributed by atoms with E-state index in [-0.39, 0.29) is 11.7 Å². The Hall–Kier alpha value is -2.90. The SMILES string of the molecule is O=C1Nc2ccc(F)cc2/C1=C1\OCc2cc(OCCCN3CCOCC3)ccc21. The van der Waals surface area contributed by atoms with E-state index in [9.17, 15) is 9.18 Å². The van der Waals surface area contributed by atoms with E-state index in [0.717, 1.165) is 56.1 Å². The van der Waals surface area contributed by atoms with Crippen LogP contribution < -0.4 is 10.1 Å². The smallest absolute Gasteiger partial charge is 0.260 e. The van der Waals surface area contributed by atoms with Crippen LogP contribution >= 0.6 is 0 Å². The van der Waals surface area contributed by atoms with Crippen LogP contribution in [0.15, 0.2) is 36.4 Å². The highest BCUT2D eigenvalue weighted by Gasteiger charge is 2.32. The molecule has 5 rings (SSSR count). The third-order valence-corrected chi connectivity index (χ3v) is 5.64. The minimum absolute atomic E-state index is 0.276. The lowest BCUT2D eigenvalue weighted by atomic mass is 10.0. The molecular formula is C23H23FN2O4. The summed E-state index contributed by atoms with van der Waals surface area (Å²) < 4.78 is 30.9. The molecule has 30 heavy (non-hydrogen) atoms. The third-order valence-electron chi connectivity index (χ3n) is 5.64. The Bertz CT molecular complexity index is 1010. The second-order valence-electron chi connectivity index (χ2n) is 7.61. The number of anilines is 1. The molecule has 0 spiro atoms. The molecule has 0 unspecified atom stereocenters. The van der Waals surface area contributed by atoms with Crippen molar-refractivity contribution in [1.82, 2.24) is 4.90 Å². The van der Waals surface area contributed by atoms with Crippen molar-refractivity contribution in [2.24, 2.45) is 0 Å². The van der Waals surface area contributed by atoms with Gasteiger partial charge in [-0.05, 0) is 42.8 Å². The lowest BCUT2D eigenvalue weighted by Crippen LogP contribution is -2.37. The van der Waals surface area contributed by atoms with Crippen LogP contribution in [0.25, 0.3) is 11.3 Å². The number of halogens is 1. The number of carbonyl (C=O) groups is 1. The van der Waals surface area contributed by atoms with Gasteiger partial charge in [0.25, 0.3) is 5.91 Å². The zero-order valence-electron chi connectivity index (χ0n) is 16.6. The maximum Gasteiger partial charge on any atom is 0.260 e. The van der Waals surface area contributed by atoms with E-state index in [4.69, 9.17) is 14.2 Å². The van der Waals surface area contributed by atoms with E-state index in [1.807, 2.05) is 18.2 Å². The number of morpholine rings is 1. The largest absolute Gasteiger partial charge is 0.494 e. The number of hydrogen-bond acceptors (Lipinski definition) is 5. The van der Waals surface area contributed by atoms with Gasteiger partial charge in [0.05, 0.1) is 25.4 Å². The molecule has 1 saturated heterocycles. The van der Waals surface area contributed by atoms with Gasteiger partial charge in [-0.25, -0.2) is 4.39 Å². The number of ether oxygens (including phenoxy) is 3. The second kappa shape index (κ2) is 8.08. The van der Waals surface area contributed by atoms with Gasteiger partial charge in [-0.3, -0.25) is 9.69 Å². The number of benzene rings is 2. The summed E-state index contributed by atoms with van der Waals surface area (Å²) in [5.74, 6) is 0.614. The van der Waals surface area contributed by atoms with Gasteiger partial charge in [0, 0.05) is 42.0 Å². The topological polar surface area (TPSA) is 60.0 Å². The molecule has 1 amide bonds. The predicted octanol–water partition coefficient (Wildman–Crippen LogP) is 3.28. The fraction of sp³-hybridized carbons (Fsp3) is 0.348. The molecule has 2 aromatic carbocycles. The highest BCUT2D eigenvalue weighted by molar-refractivity contribution is 6.36. The Kier molecular flexibility index (Phi) is 5.14. The van der Waals surface area contributed by atoms with E-state index in [1.54, 1.807) is 6.07 Å². The Morgan fingerprint density at radius 3 is 2.83 bits per heavy atom. The number of fused-ring (bicyclic) bond motifs is 2. The van der Waals surface area contributed by atoms with Crippen molar-refractivity contribution in [2.75, 3.05) is 44.8 Å². The van der Waals surface area contributed by atoms with Gasteiger partial charge >= 0.3 is 0 Å². The number of nitrogens with zero attached hydrogens (tertiary/aromatic N) is 1. The number of amides is 1. The summed E-state index contributed by atoms with van der Waals surface area (Å²) in [5, 5.41) is 2.78. The number of carbonyl (C=O) groups excluding carboxylic acids is 1. The van der Waals surface area contributed by atoms with Crippen LogP contribution in [0.1, 0.15) is 23.1 Å². The summed E-state index contributed by atoms with van der Waals surface area (Å²) in [6.07, 6.45) is 0.950. The molecule has 1 fully saturated rings. The molecule has 0 radical (unpaired) electrons. The van der Waals surface area contributed by atoms with Crippen molar-refractivity contribution in [3.8, 4) is 5.75 Å². The third kappa shape index (κ3) is 3.66. The van der Waals surface area contributed by atoms with Gasteiger partial charge in [-0.1, -0.05) is 0 Å². The van der Waals surface area contributed by atoms with Gasteiger partial charge < -0.3 is 19.5 Å². The summed E-state index contributed by atoms with van der Waals surface area (Å²) in [6, 6.07) is 10.0. The molecule has 3 heterocycles. The van der Waals surface area contributed by atoms with Crippen LogP contribution in [-0.4, -0.2) is 50.3 Å². The summed E-state index contributed by atoms with van der Waals surface area (Å²) in [5.41, 5.74) is 3.31. The molecule has 2 aromatic rings. The van der Waals surface area contributed by atoms with E-state index in [2.05, 4.69) is 10.2 Å². The fourth-order valence-electron chi connectivity index (χ4n) is 4.10. The fourth-order valence-corrected chi connectivity index (χ4v) is 4.10. The maximum atomic E-state index is 13.7. The van der Waals surface area contributed by atoms with E-state index < -0.39 is 0 Å². The van der Waals surface area contributed by atoms with Gasteiger partial charge in [0.2, 0.25) is 0 Å². The van der Waals surface area contributed by atoms with Gasteiger partial charge in [0.15, 0.2) is 0 Å². The zero-order valence-corrected chi connectivity index (χ0v) is 16.6. The zero-order chi connectivity index (χ0) is 20.5. The summed E-state index contributed by atoms with van der Waals surface area (Å²) in [7, 11) is 0. The standard InChI is InChI=1S/C23H23FN2O4/c24-16-2-5-20-19(13-16)21(23(27)25-20)22-18-4-3-17(12-15(18)14-30-22)29-9-1-6-26-7-10-28-11-8-26/h2-5,12-13H,1,6-11,14H2,(H,25,27)/b22-21+. The normalized spacial score (nSPS) is 20.5. The van der Waals surface area contributed by atoms with Crippen LogP contribution in [0, 0.1) is 5.82 Å². The van der Waals surface area contributed by atoms with Crippen molar-refractivity contribution < 1.29 is 23.4 Å². The number of rotatable bonds is 5. The number of hydrogen-bond donors (Lipinski definition) is 1. The average Bonchev–Trinajstić information content (AvgIpc) is 3.31. The Labute approximate surface area is 174 Å². The average molecular weight is 410 g/mol. The van der Waals surface area contributed by atoms with Gasteiger partial charge in [0.1, 0.15) is 23.9 Å². The Balaban J connectivity index is 1.29. The Morgan fingerprint density at radius 1 is 1.10 bits per heavy atom. The van der Waals surface area contributed by atoms with Gasteiger partial charge in [-0.2, -0.15) is 0 Å². The first kappa shape index (κ1) is 19.1. The molecule has 7 heteroatoms. The van der Waals surface area contributed by atoms with Crippen LogP contribution in [0.3, 0.4) is 0 Å². The van der Waals surface area contributed by atoms with Crippen LogP contribution in [0.2, 0.25) is 0 Å². The molecule has 1 N–H and O–H groups in total. The van der Waals surface area contributed by atoms with E-state index in [1.165, 1.54) is 12.1 Å². The first-order chi connectivity index (χ1) is 14.7. The van der Waals surface area contributed by atoms with Crippen LogP contribution in [-0.2, 0) is 20.9 Å². The molecule has 3 aliphatic rings. The molecule has 0 atom stereocenters. The highest BCUT2D eigenvalue weighted by atomic mass is 19.1. The van der Waals surface area contributed by atoms with E-state index >= 15 is 0 Å². The Morgan fingerprint density at radius 2 is 1.97 bits per heavy atom. The maximum absolute atomic E-state index is 13.7. The van der Waals surface area contributed by atoms with Gasteiger partial charge in [-0.15, -0.1) is 0 Å². The molecule has 0 aromatic heterocycles. The van der Waals surface area contributed by atoms with Crippen LogP contribution in [0.5, 0.6) is 5.75 Å². The van der Waals surface area contributed by atoms with E-state index in [0.29, 0.717) is 35.8 Å². The molecule has 0 saturated carbocycles. The molecule has 156 valence electrons. The number of nitrogens with one attached hydrogen (secondary N) is 1. The van der Waals surface area contributed by atoms with Crippen molar-refractivity contribution >= 4 is 22.9 Å². The predicted molar refractivity (Wildman–Crippen MR) is 110 cm³/mol. The quantitative estimate of drug-likeness (QED) is 0.606. The minimum atomic E-state index is -0.387. The van der Waals surface area contributed by atoms with Crippen LogP contribution in [0.4, 0.5) is 10.1 Å². The second-order valence-corrected chi connectivity index (χ2v) is 7.61. The lowest BCUT2D eigenvalue weighted by Gasteiger charge is -2.26. The van der Waals surface area contributed by atoms with Crippen molar-refractivity contribution in [2.45, 2.75) is 13.0 Å². The van der Waals surface area contributed by atoms with Crippen molar-refractivity contribution in [3.63, 3.8) is 0 Å². The first-order valence-corrected chi connectivity index (χ1v) is 10.2. The monoisotopic (exact) mass is 410 g/mol. The summed E-state index contributed by atoms with van der Waals surface area (Å²) in [4.78, 5) is 14.9. The first-order valence-electron chi connectivity index (χ1n) is 10.2. The lowest BCUT2D eigenvalue weighted by molar-refractivity contribution is -0.110. The highest BCUT2D eigenvalue weighted by Crippen LogP contribution is 2.42. The minimum Gasteiger partial charge on any atom is -0.494 e. The van der Waals surface area contributed by atoms with Crippen molar-refractivity contribution in [1.29, 1.82) is 0 Å². The summed E-state index contributed by atoms with van der Waals surface area (Å²) >= 11 is 0. The molecule has 3 aliphatic heterocycles. The molecule has 6 nitrogen and oxygen atoms in total. The molecule has 0 aliphatic carbocycles. The summed E-state index contributed by atoms with van der Waals surface area (Å²) in [6.45, 7) is 5.57. The molecular weight excluding hydrogens is 387 g/mol. The molecule has 0 bridgehead atoms.